The van der Waals surface area contributed by atoms with Gasteiger partial charge in [-0.1, -0.05) is 11.5 Å². The first-order valence-corrected chi connectivity index (χ1v) is 5.54. The number of ether oxygens (including phenoxy) is 1. The van der Waals surface area contributed by atoms with E-state index in [-0.39, 0.29) is 63.2 Å². The molecule has 0 N–H and O–H groups in total. The molecular weight excluding hydrogens is 269 g/mol. The molecule has 7 heteroatoms. The van der Waals surface area contributed by atoms with Gasteiger partial charge in [-0.25, -0.2) is 0 Å². The summed E-state index contributed by atoms with van der Waals surface area (Å²) in [7, 11) is 0. The molecule has 0 saturated heterocycles. The summed E-state index contributed by atoms with van der Waals surface area (Å²) < 4.78 is 42.9. The third-order valence-corrected chi connectivity index (χ3v) is 2.61. The quantitative estimate of drug-likeness (QED) is 0.557. The summed E-state index contributed by atoms with van der Waals surface area (Å²) >= 11 is 0. The summed E-state index contributed by atoms with van der Waals surface area (Å²) in [6.45, 7) is -5.02. The molecule has 1 unspecified atom stereocenters. The average Bonchev–Trinajstić information content (AvgIpc) is 2.29. The SMILES string of the molecule is F[B-](F)(F)c1cncc(OC2C=CCCC2)c1.[K+]. The summed E-state index contributed by atoms with van der Waals surface area (Å²) in [5.74, 6) is 0.179. The van der Waals surface area contributed by atoms with Crippen molar-refractivity contribution in [1.29, 1.82) is 0 Å². The van der Waals surface area contributed by atoms with Crippen LogP contribution in [0.3, 0.4) is 0 Å². The molecule has 1 atom stereocenters. The van der Waals surface area contributed by atoms with E-state index >= 15 is 0 Å². The maximum atomic E-state index is 12.5. The second-order valence-corrected chi connectivity index (χ2v) is 4.04. The summed E-state index contributed by atoms with van der Waals surface area (Å²) in [6.07, 6.45) is 8.70. The fourth-order valence-corrected chi connectivity index (χ4v) is 1.73. The normalized spacial score (nSPS) is 19.2. The topological polar surface area (TPSA) is 22.1 Å². The molecule has 0 radical (unpaired) electrons. The molecule has 0 spiro atoms. The minimum absolute atomic E-state index is 0. The molecule has 1 aliphatic carbocycles. The van der Waals surface area contributed by atoms with Crippen molar-refractivity contribution in [3.63, 3.8) is 0 Å². The zero-order chi connectivity index (χ0) is 12.3. The molecule has 1 heterocycles. The van der Waals surface area contributed by atoms with Crippen molar-refractivity contribution >= 4 is 12.4 Å². The van der Waals surface area contributed by atoms with Crippen LogP contribution in [-0.4, -0.2) is 18.1 Å². The molecule has 0 bridgehead atoms. The second kappa shape index (κ2) is 7.09. The number of hydrogen-bond donors (Lipinski definition) is 0. The molecule has 92 valence electrons. The number of nitrogens with zero attached hydrogens (tertiary/aromatic N) is 1. The van der Waals surface area contributed by atoms with Crippen LogP contribution in [0.5, 0.6) is 5.75 Å². The summed E-state index contributed by atoms with van der Waals surface area (Å²) in [5, 5.41) is 0. The molecule has 0 amide bonds. The van der Waals surface area contributed by atoms with Gasteiger partial charge in [-0.15, -0.1) is 0 Å². The van der Waals surface area contributed by atoms with Crippen molar-refractivity contribution in [1.82, 2.24) is 4.98 Å². The molecule has 18 heavy (non-hydrogen) atoms. The van der Waals surface area contributed by atoms with Gasteiger partial charge in [-0.2, -0.15) is 0 Å². The predicted octanol–water partition coefficient (Wildman–Crippen LogP) is -0.373. The van der Waals surface area contributed by atoms with Gasteiger partial charge in [0.1, 0.15) is 11.9 Å². The average molecular weight is 281 g/mol. The molecule has 2 rings (SSSR count). The summed E-state index contributed by atoms with van der Waals surface area (Å²) in [5.41, 5.74) is -0.720. The Hall–Kier alpha value is 0.181. The van der Waals surface area contributed by atoms with Crippen molar-refractivity contribution in [2.24, 2.45) is 0 Å². The molecule has 0 aliphatic heterocycles. The summed E-state index contributed by atoms with van der Waals surface area (Å²) in [6, 6.07) is 1.01. The second-order valence-electron chi connectivity index (χ2n) is 4.04. The Balaban J connectivity index is 0.00000162. The number of aromatic nitrogens is 1. The fourth-order valence-electron chi connectivity index (χ4n) is 1.73. The monoisotopic (exact) mass is 281 g/mol. The Kier molecular flexibility index (Phi) is 6.40. The number of halogens is 3. The van der Waals surface area contributed by atoms with Crippen molar-refractivity contribution in [2.75, 3.05) is 0 Å². The van der Waals surface area contributed by atoms with E-state index in [2.05, 4.69) is 4.98 Å². The largest absolute Gasteiger partial charge is 1.00 e. The Labute approximate surface area is 146 Å². The van der Waals surface area contributed by atoms with Crippen molar-refractivity contribution in [3.8, 4) is 5.75 Å². The Morgan fingerprint density at radius 2 is 2.06 bits per heavy atom. The van der Waals surface area contributed by atoms with Crippen molar-refractivity contribution < 1.29 is 69.1 Å². The third-order valence-electron chi connectivity index (χ3n) is 2.61. The van der Waals surface area contributed by atoms with E-state index in [1.165, 1.54) is 6.20 Å². The van der Waals surface area contributed by atoms with Crippen LogP contribution in [0.4, 0.5) is 12.9 Å². The standard InChI is InChI=1S/C11H12BF3NO.K/c13-12(14,15)9-6-11(8-16-7-9)17-10-4-2-1-3-5-10;/h2,4,6-8,10H,1,3,5H2;/q-1;+1. The Morgan fingerprint density at radius 3 is 2.67 bits per heavy atom. The molecule has 1 aromatic heterocycles. The summed E-state index contributed by atoms with van der Waals surface area (Å²) in [4.78, 5) is 3.56. The molecule has 0 saturated carbocycles. The zero-order valence-electron chi connectivity index (χ0n) is 10.2. The van der Waals surface area contributed by atoms with Crippen LogP contribution < -0.4 is 61.6 Å². The van der Waals surface area contributed by atoms with Gasteiger partial charge >= 0.3 is 58.4 Å². The van der Waals surface area contributed by atoms with Crippen LogP contribution in [0.2, 0.25) is 0 Å². The number of rotatable bonds is 3. The van der Waals surface area contributed by atoms with E-state index < -0.39 is 12.4 Å². The first kappa shape index (κ1) is 16.2. The Bertz CT molecular complexity index is 425. The van der Waals surface area contributed by atoms with Gasteiger partial charge in [0.05, 0.1) is 6.20 Å². The molecule has 0 fully saturated rings. The van der Waals surface area contributed by atoms with E-state index in [9.17, 15) is 12.9 Å². The van der Waals surface area contributed by atoms with E-state index in [1.54, 1.807) is 0 Å². The predicted molar refractivity (Wildman–Crippen MR) is 60.4 cm³/mol. The van der Waals surface area contributed by atoms with Crippen LogP contribution in [0.15, 0.2) is 30.6 Å². The van der Waals surface area contributed by atoms with Crippen LogP contribution in [-0.2, 0) is 0 Å². The maximum absolute atomic E-state index is 12.5. The number of pyridine rings is 1. The van der Waals surface area contributed by atoms with Crippen LogP contribution in [0.25, 0.3) is 0 Å². The van der Waals surface area contributed by atoms with Crippen LogP contribution >= 0.6 is 0 Å². The number of allylic oxidation sites excluding steroid dienone is 1. The zero-order valence-corrected chi connectivity index (χ0v) is 13.3. The molecule has 1 aromatic rings. The Morgan fingerprint density at radius 1 is 1.28 bits per heavy atom. The van der Waals surface area contributed by atoms with E-state index in [0.29, 0.717) is 0 Å². The smallest absolute Gasteiger partial charge is 0.485 e. The molecule has 1 aliphatic rings. The van der Waals surface area contributed by atoms with Gasteiger partial charge < -0.3 is 17.7 Å². The maximum Gasteiger partial charge on any atom is 1.00 e. The van der Waals surface area contributed by atoms with Crippen LogP contribution in [0.1, 0.15) is 19.3 Å². The minimum Gasteiger partial charge on any atom is -0.485 e. The molecule has 2 nitrogen and oxygen atoms in total. The van der Waals surface area contributed by atoms with Gasteiger partial charge in [-0.05, 0) is 31.4 Å². The van der Waals surface area contributed by atoms with Crippen molar-refractivity contribution in [3.05, 3.63) is 30.6 Å². The fraction of sp³-hybridized carbons (Fsp3) is 0.364. The first-order chi connectivity index (χ1) is 8.05. The number of hydrogen-bond acceptors (Lipinski definition) is 2. The first-order valence-electron chi connectivity index (χ1n) is 5.54. The van der Waals surface area contributed by atoms with Gasteiger partial charge in [-0.3, -0.25) is 4.98 Å². The van der Waals surface area contributed by atoms with E-state index in [4.69, 9.17) is 4.74 Å². The van der Waals surface area contributed by atoms with Gasteiger partial charge in [0.25, 0.3) is 0 Å². The molecular formula is C11H12BF3KNO. The van der Waals surface area contributed by atoms with Gasteiger partial charge in [0.2, 0.25) is 0 Å². The van der Waals surface area contributed by atoms with Crippen molar-refractivity contribution in [2.45, 2.75) is 25.4 Å². The minimum atomic E-state index is -5.02. The van der Waals surface area contributed by atoms with E-state index in [1.807, 2.05) is 12.2 Å². The molecule has 0 aromatic carbocycles. The van der Waals surface area contributed by atoms with Gasteiger partial charge in [0.15, 0.2) is 0 Å². The van der Waals surface area contributed by atoms with Gasteiger partial charge in [0, 0.05) is 6.20 Å². The van der Waals surface area contributed by atoms with E-state index in [0.717, 1.165) is 31.5 Å². The van der Waals surface area contributed by atoms with Crippen LogP contribution in [0, 0.1) is 0 Å². The third kappa shape index (κ3) is 4.70.